The molecule has 4 nitrogen and oxygen atoms in total. The Morgan fingerprint density at radius 2 is 2.36 bits per heavy atom. The smallest absolute Gasteiger partial charge is 0.220 e. The number of rotatable bonds is 4. The van der Waals surface area contributed by atoms with E-state index in [4.69, 9.17) is 10.5 Å². The van der Waals surface area contributed by atoms with Gasteiger partial charge in [0.15, 0.2) is 0 Å². The molecule has 1 heterocycles. The van der Waals surface area contributed by atoms with Gasteiger partial charge in [0.25, 0.3) is 0 Å². The zero-order chi connectivity index (χ0) is 10.6. The van der Waals surface area contributed by atoms with E-state index < -0.39 is 11.5 Å². The molecule has 0 aliphatic rings. The number of methoxy groups -OCH3 is 1. The van der Waals surface area contributed by atoms with Crippen molar-refractivity contribution < 1.29 is 9.53 Å². The van der Waals surface area contributed by atoms with Gasteiger partial charge in [0.2, 0.25) is 5.91 Å². The van der Waals surface area contributed by atoms with E-state index in [1.165, 1.54) is 7.11 Å². The molecule has 0 radical (unpaired) electrons. The molecular formula is C10H14N2O2. The van der Waals surface area contributed by atoms with E-state index in [0.29, 0.717) is 5.69 Å². The normalized spacial score (nSPS) is 14.7. The van der Waals surface area contributed by atoms with Crippen molar-refractivity contribution in [1.82, 2.24) is 4.98 Å². The van der Waals surface area contributed by atoms with Gasteiger partial charge >= 0.3 is 0 Å². The first-order chi connectivity index (χ1) is 6.58. The van der Waals surface area contributed by atoms with Crippen molar-refractivity contribution in [2.75, 3.05) is 7.11 Å². The number of nitrogens with zero attached hydrogens (tertiary/aromatic N) is 1. The summed E-state index contributed by atoms with van der Waals surface area (Å²) in [5.41, 5.74) is 5.13. The van der Waals surface area contributed by atoms with Gasteiger partial charge in [-0.25, -0.2) is 0 Å². The van der Waals surface area contributed by atoms with Crippen LogP contribution in [-0.2, 0) is 15.1 Å². The Labute approximate surface area is 83.1 Å². The Morgan fingerprint density at radius 3 is 2.79 bits per heavy atom. The molecule has 1 aromatic heterocycles. The van der Waals surface area contributed by atoms with Gasteiger partial charge in [0, 0.05) is 13.3 Å². The first kappa shape index (κ1) is 10.7. The molecule has 0 bridgehead atoms. The molecule has 0 saturated heterocycles. The number of ether oxygens (including phenoxy) is 1. The van der Waals surface area contributed by atoms with E-state index in [9.17, 15) is 4.79 Å². The third-order valence-corrected chi connectivity index (χ3v) is 2.17. The fraction of sp³-hybridized carbons (Fsp3) is 0.400. The number of aromatic nitrogens is 1. The lowest BCUT2D eigenvalue weighted by atomic mass is 9.97. The molecule has 1 rings (SSSR count). The number of primary amides is 1. The van der Waals surface area contributed by atoms with Crippen LogP contribution in [0.4, 0.5) is 0 Å². The summed E-state index contributed by atoms with van der Waals surface area (Å²) in [4.78, 5) is 15.0. The lowest BCUT2D eigenvalue weighted by Crippen LogP contribution is -2.31. The highest BCUT2D eigenvalue weighted by Crippen LogP contribution is 2.25. The fourth-order valence-corrected chi connectivity index (χ4v) is 1.28. The predicted molar refractivity (Wildman–Crippen MR) is 52.4 cm³/mol. The maximum atomic E-state index is 10.9. The second kappa shape index (κ2) is 4.19. The van der Waals surface area contributed by atoms with Crippen molar-refractivity contribution in [2.45, 2.75) is 18.9 Å². The molecule has 0 spiro atoms. The minimum Gasteiger partial charge on any atom is -0.372 e. The van der Waals surface area contributed by atoms with Gasteiger partial charge in [-0.1, -0.05) is 6.07 Å². The standard InChI is InChI=1S/C10H14N2O2/c1-10(14-2,7-9(11)13)8-5-3-4-6-12-8/h3-6H,7H2,1-2H3,(H2,11,13). The summed E-state index contributed by atoms with van der Waals surface area (Å²) in [6.07, 6.45) is 1.79. The minimum absolute atomic E-state index is 0.126. The van der Waals surface area contributed by atoms with Crippen molar-refractivity contribution in [3.05, 3.63) is 30.1 Å². The Hall–Kier alpha value is -1.42. The number of hydrogen-bond donors (Lipinski definition) is 1. The third-order valence-electron chi connectivity index (χ3n) is 2.17. The van der Waals surface area contributed by atoms with Crippen molar-refractivity contribution in [1.29, 1.82) is 0 Å². The summed E-state index contributed by atoms with van der Waals surface area (Å²) >= 11 is 0. The van der Waals surface area contributed by atoms with Gasteiger partial charge in [0.05, 0.1) is 12.1 Å². The maximum Gasteiger partial charge on any atom is 0.220 e. The fourth-order valence-electron chi connectivity index (χ4n) is 1.28. The zero-order valence-corrected chi connectivity index (χ0v) is 8.36. The number of carbonyl (C=O) groups is 1. The molecule has 4 heteroatoms. The molecule has 1 unspecified atom stereocenters. The second-order valence-corrected chi connectivity index (χ2v) is 3.29. The SMILES string of the molecule is COC(C)(CC(N)=O)c1ccccn1. The van der Waals surface area contributed by atoms with E-state index in [0.717, 1.165) is 0 Å². The van der Waals surface area contributed by atoms with Gasteiger partial charge in [-0.15, -0.1) is 0 Å². The summed E-state index contributed by atoms with van der Waals surface area (Å²) in [5.74, 6) is -0.403. The molecule has 14 heavy (non-hydrogen) atoms. The molecule has 0 aliphatic carbocycles. The van der Waals surface area contributed by atoms with Crippen LogP contribution in [0, 0.1) is 0 Å². The first-order valence-electron chi connectivity index (χ1n) is 4.33. The second-order valence-electron chi connectivity index (χ2n) is 3.29. The Bertz CT molecular complexity index is 313. The maximum absolute atomic E-state index is 10.9. The van der Waals surface area contributed by atoms with Gasteiger partial charge < -0.3 is 10.5 Å². The molecule has 0 saturated carbocycles. The van der Waals surface area contributed by atoms with Gasteiger partial charge in [-0.2, -0.15) is 0 Å². The van der Waals surface area contributed by atoms with Crippen LogP contribution >= 0.6 is 0 Å². The summed E-state index contributed by atoms with van der Waals surface area (Å²) < 4.78 is 5.27. The van der Waals surface area contributed by atoms with Crippen molar-refractivity contribution >= 4 is 5.91 Å². The van der Waals surface area contributed by atoms with E-state index in [1.54, 1.807) is 13.1 Å². The van der Waals surface area contributed by atoms with Gasteiger partial charge in [-0.05, 0) is 19.1 Å². The Balaban J connectivity index is 2.95. The summed E-state index contributed by atoms with van der Waals surface area (Å²) in [7, 11) is 1.54. The zero-order valence-electron chi connectivity index (χ0n) is 8.36. The number of hydrogen-bond acceptors (Lipinski definition) is 3. The molecule has 2 N–H and O–H groups in total. The van der Waals surface area contributed by atoms with E-state index in [2.05, 4.69) is 4.98 Å². The number of pyridine rings is 1. The van der Waals surface area contributed by atoms with Crippen molar-refractivity contribution in [3.8, 4) is 0 Å². The van der Waals surface area contributed by atoms with E-state index in [-0.39, 0.29) is 6.42 Å². The van der Waals surface area contributed by atoms with Crippen LogP contribution in [0.5, 0.6) is 0 Å². The monoisotopic (exact) mass is 194 g/mol. The molecule has 1 atom stereocenters. The van der Waals surface area contributed by atoms with Gasteiger partial charge in [0.1, 0.15) is 5.60 Å². The molecule has 0 aromatic carbocycles. The van der Waals surface area contributed by atoms with E-state index in [1.807, 2.05) is 18.2 Å². The highest BCUT2D eigenvalue weighted by molar-refractivity contribution is 5.75. The van der Waals surface area contributed by atoms with Crippen LogP contribution in [0.1, 0.15) is 19.0 Å². The molecule has 1 aromatic rings. The number of nitrogens with two attached hydrogens (primary N) is 1. The largest absolute Gasteiger partial charge is 0.372 e. The number of amides is 1. The molecule has 0 fully saturated rings. The van der Waals surface area contributed by atoms with Crippen LogP contribution in [0.15, 0.2) is 24.4 Å². The van der Waals surface area contributed by atoms with Crippen LogP contribution in [0.3, 0.4) is 0 Å². The topological polar surface area (TPSA) is 65.2 Å². The molecule has 0 aliphatic heterocycles. The summed E-state index contributed by atoms with van der Waals surface area (Å²) in [5, 5.41) is 0. The van der Waals surface area contributed by atoms with Crippen LogP contribution in [-0.4, -0.2) is 18.0 Å². The quantitative estimate of drug-likeness (QED) is 0.771. The lowest BCUT2D eigenvalue weighted by molar-refractivity contribution is -0.124. The van der Waals surface area contributed by atoms with Crippen molar-refractivity contribution in [2.24, 2.45) is 5.73 Å². The highest BCUT2D eigenvalue weighted by atomic mass is 16.5. The minimum atomic E-state index is -0.729. The molecular weight excluding hydrogens is 180 g/mol. The highest BCUT2D eigenvalue weighted by Gasteiger charge is 2.29. The summed E-state index contributed by atoms with van der Waals surface area (Å²) in [6, 6.07) is 5.47. The Kier molecular flexibility index (Phi) is 3.19. The van der Waals surface area contributed by atoms with Crippen molar-refractivity contribution in [3.63, 3.8) is 0 Å². The average Bonchev–Trinajstić information content (AvgIpc) is 2.18. The third kappa shape index (κ3) is 2.29. The molecule has 76 valence electrons. The van der Waals surface area contributed by atoms with E-state index >= 15 is 0 Å². The first-order valence-corrected chi connectivity index (χ1v) is 4.33. The van der Waals surface area contributed by atoms with Gasteiger partial charge in [-0.3, -0.25) is 9.78 Å². The molecule has 1 amide bonds. The van der Waals surface area contributed by atoms with Crippen LogP contribution in [0.25, 0.3) is 0 Å². The average molecular weight is 194 g/mol. The lowest BCUT2D eigenvalue weighted by Gasteiger charge is -2.25. The summed E-state index contributed by atoms with van der Waals surface area (Å²) in [6.45, 7) is 1.79. The van der Waals surface area contributed by atoms with Crippen LogP contribution < -0.4 is 5.73 Å². The Morgan fingerprint density at radius 1 is 1.64 bits per heavy atom. The predicted octanol–water partition coefficient (Wildman–Crippen LogP) is 0.819. The van der Waals surface area contributed by atoms with Crippen LogP contribution in [0.2, 0.25) is 0 Å². The number of carbonyl (C=O) groups excluding carboxylic acids is 1.